The number of rotatable bonds is 4. The molecule has 1 aromatic carbocycles. The molecule has 21 heavy (non-hydrogen) atoms. The topological polar surface area (TPSA) is 28.2 Å². The van der Waals surface area contributed by atoms with Gasteiger partial charge in [-0.25, -0.2) is 4.98 Å². The van der Waals surface area contributed by atoms with Crippen LogP contribution in [0.5, 0.6) is 0 Å². The van der Waals surface area contributed by atoms with Gasteiger partial charge in [0.05, 0.1) is 5.69 Å². The highest BCUT2D eigenvalue weighted by Gasteiger charge is 2.11. The van der Waals surface area contributed by atoms with E-state index in [2.05, 4.69) is 55.4 Å². The molecule has 5 heteroatoms. The average Bonchev–Trinajstić information content (AvgIpc) is 3.03. The maximum Gasteiger partial charge on any atom is 0.152 e. The van der Waals surface area contributed by atoms with E-state index in [0.29, 0.717) is 5.15 Å². The number of anilines is 2. The molecule has 0 aliphatic carbocycles. The third-order valence-corrected chi connectivity index (χ3v) is 4.43. The van der Waals surface area contributed by atoms with Gasteiger partial charge in [0, 0.05) is 36.0 Å². The molecule has 2 heterocycles. The number of halogens is 2. The summed E-state index contributed by atoms with van der Waals surface area (Å²) in [7, 11) is 0. The summed E-state index contributed by atoms with van der Waals surface area (Å²) in [6.07, 6.45) is 4.30. The Kier molecular flexibility index (Phi) is 4.66. The zero-order valence-electron chi connectivity index (χ0n) is 11.6. The fourth-order valence-corrected chi connectivity index (χ4v) is 3.05. The lowest BCUT2D eigenvalue weighted by Crippen LogP contribution is -2.17. The molecule has 1 fully saturated rings. The molecule has 0 amide bonds. The van der Waals surface area contributed by atoms with E-state index in [1.54, 1.807) is 6.20 Å². The smallest absolute Gasteiger partial charge is 0.152 e. The molecule has 1 aromatic heterocycles. The van der Waals surface area contributed by atoms with Crippen molar-refractivity contribution in [1.82, 2.24) is 4.98 Å². The maximum atomic E-state index is 6.07. The summed E-state index contributed by atoms with van der Waals surface area (Å²) in [4.78, 5) is 6.54. The van der Waals surface area contributed by atoms with Crippen LogP contribution >= 0.6 is 27.5 Å². The van der Waals surface area contributed by atoms with Crippen LogP contribution in [0.25, 0.3) is 0 Å². The van der Waals surface area contributed by atoms with Crippen LogP contribution in [0.4, 0.5) is 11.4 Å². The molecule has 1 saturated heterocycles. The van der Waals surface area contributed by atoms with Crippen molar-refractivity contribution in [3.63, 3.8) is 0 Å². The van der Waals surface area contributed by atoms with E-state index in [9.17, 15) is 0 Å². The van der Waals surface area contributed by atoms with Crippen molar-refractivity contribution in [3.05, 3.63) is 51.7 Å². The summed E-state index contributed by atoms with van der Waals surface area (Å²) in [6, 6.07) is 10.7. The van der Waals surface area contributed by atoms with E-state index < -0.39 is 0 Å². The lowest BCUT2D eigenvalue weighted by atomic mass is 10.2. The Morgan fingerprint density at radius 1 is 1.19 bits per heavy atom. The Morgan fingerprint density at radius 2 is 1.90 bits per heavy atom. The minimum Gasteiger partial charge on any atom is -0.378 e. The van der Waals surface area contributed by atoms with Gasteiger partial charge >= 0.3 is 0 Å². The summed E-state index contributed by atoms with van der Waals surface area (Å²) < 4.78 is 0.916. The molecular formula is C16H17BrClN3. The Bertz CT molecular complexity index is 609. The summed E-state index contributed by atoms with van der Waals surface area (Å²) in [6.45, 7) is 3.09. The summed E-state index contributed by atoms with van der Waals surface area (Å²) >= 11 is 9.48. The van der Waals surface area contributed by atoms with E-state index in [0.717, 1.165) is 16.7 Å². The molecule has 0 bridgehead atoms. The van der Waals surface area contributed by atoms with E-state index in [1.807, 2.05) is 6.07 Å². The quantitative estimate of drug-likeness (QED) is 0.794. The van der Waals surface area contributed by atoms with Gasteiger partial charge in [0.25, 0.3) is 0 Å². The average molecular weight is 367 g/mol. The zero-order chi connectivity index (χ0) is 14.7. The van der Waals surface area contributed by atoms with Crippen molar-refractivity contribution in [1.29, 1.82) is 0 Å². The first kappa shape index (κ1) is 14.7. The normalized spacial score (nSPS) is 14.5. The van der Waals surface area contributed by atoms with Gasteiger partial charge < -0.3 is 10.2 Å². The highest BCUT2D eigenvalue weighted by molar-refractivity contribution is 9.10. The number of hydrogen-bond acceptors (Lipinski definition) is 3. The van der Waals surface area contributed by atoms with Gasteiger partial charge in [0.2, 0.25) is 0 Å². The van der Waals surface area contributed by atoms with E-state index in [-0.39, 0.29) is 0 Å². The summed E-state index contributed by atoms with van der Waals surface area (Å²) in [5, 5.41) is 3.81. The lowest BCUT2D eigenvalue weighted by Gasteiger charge is -2.18. The Labute approximate surface area is 138 Å². The van der Waals surface area contributed by atoms with Gasteiger partial charge in [-0.15, -0.1) is 0 Å². The molecule has 2 aromatic rings. The van der Waals surface area contributed by atoms with Crippen LogP contribution in [0.1, 0.15) is 18.4 Å². The number of aromatic nitrogens is 1. The highest BCUT2D eigenvalue weighted by atomic mass is 79.9. The van der Waals surface area contributed by atoms with Crippen LogP contribution in [0.2, 0.25) is 5.15 Å². The number of hydrogen-bond donors (Lipinski definition) is 1. The molecule has 3 nitrogen and oxygen atoms in total. The van der Waals surface area contributed by atoms with E-state index in [4.69, 9.17) is 11.6 Å². The van der Waals surface area contributed by atoms with E-state index >= 15 is 0 Å². The predicted molar refractivity (Wildman–Crippen MR) is 92.2 cm³/mol. The molecule has 110 valence electrons. The third kappa shape index (κ3) is 3.69. The van der Waals surface area contributed by atoms with Crippen molar-refractivity contribution in [3.8, 4) is 0 Å². The zero-order valence-corrected chi connectivity index (χ0v) is 14.0. The molecule has 0 spiro atoms. The largest absolute Gasteiger partial charge is 0.378 e. The minimum absolute atomic E-state index is 0.492. The molecule has 1 aliphatic rings. The van der Waals surface area contributed by atoms with Gasteiger partial charge in [0.1, 0.15) is 0 Å². The van der Waals surface area contributed by atoms with Gasteiger partial charge in [-0.1, -0.05) is 23.7 Å². The SMILES string of the molecule is Clc1ncc(Br)cc1NCc1ccc(N2CCCC2)cc1. The van der Waals surface area contributed by atoms with Crippen molar-refractivity contribution in [2.75, 3.05) is 23.3 Å². The van der Waals surface area contributed by atoms with Crippen molar-refractivity contribution >= 4 is 38.9 Å². The van der Waals surface area contributed by atoms with Crippen LogP contribution < -0.4 is 10.2 Å². The molecule has 1 aliphatic heterocycles. The second-order valence-electron chi connectivity index (χ2n) is 5.21. The first-order valence-corrected chi connectivity index (χ1v) is 8.28. The highest BCUT2D eigenvalue weighted by Crippen LogP contribution is 2.24. The summed E-state index contributed by atoms with van der Waals surface area (Å²) in [5.41, 5.74) is 3.39. The van der Waals surface area contributed by atoms with Crippen LogP contribution in [-0.2, 0) is 6.54 Å². The molecule has 0 unspecified atom stereocenters. The van der Waals surface area contributed by atoms with Gasteiger partial charge in [-0.3, -0.25) is 0 Å². The number of nitrogens with zero attached hydrogens (tertiary/aromatic N) is 2. The van der Waals surface area contributed by atoms with Gasteiger partial charge in [-0.05, 0) is 52.5 Å². The summed E-state index contributed by atoms with van der Waals surface area (Å²) in [5.74, 6) is 0. The Morgan fingerprint density at radius 3 is 2.62 bits per heavy atom. The maximum absolute atomic E-state index is 6.07. The Balaban J connectivity index is 1.64. The van der Waals surface area contributed by atoms with Gasteiger partial charge in [0.15, 0.2) is 5.15 Å². The van der Waals surface area contributed by atoms with Crippen LogP contribution in [-0.4, -0.2) is 18.1 Å². The van der Waals surface area contributed by atoms with Crippen LogP contribution in [0, 0.1) is 0 Å². The molecule has 0 radical (unpaired) electrons. The fourth-order valence-electron chi connectivity index (χ4n) is 2.54. The first-order chi connectivity index (χ1) is 10.2. The molecular weight excluding hydrogens is 350 g/mol. The molecule has 0 atom stereocenters. The van der Waals surface area contributed by atoms with Crippen molar-refractivity contribution in [2.24, 2.45) is 0 Å². The lowest BCUT2D eigenvalue weighted by molar-refractivity contribution is 0.949. The molecule has 1 N–H and O–H groups in total. The third-order valence-electron chi connectivity index (χ3n) is 3.70. The number of pyridine rings is 1. The second-order valence-corrected chi connectivity index (χ2v) is 6.48. The molecule has 3 rings (SSSR count). The number of nitrogens with one attached hydrogen (secondary N) is 1. The van der Waals surface area contributed by atoms with E-state index in [1.165, 1.54) is 37.2 Å². The van der Waals surface area contributed by atoms with Crippen molar-refractivity contribution in [2.45, 2.75) is 19.4 Å². The standard InChI is InChI=1S/C16H17BrClN3/c17-13-9-15(16(18)20-11-13)19-10-12-3-5-14(6-4-12)21-7-1-2-8-21/h3-6,9,11,19H,1-2,7-8,10H2. The van der Waals surface area contributed by atoms with Crippen molar-refractivity contribution < 1.29 is 0 Å². The predicted octanol–water partition coefficient (Wildman–Crippen LogP) is 4.71. The Hall–Kier alpha value is -1.26. The minimum atomic E-state index is 0.492. The molecule has 0 saturated carbocycles. The fraction of sp³-hybridized carbons (Fsp3) is 0.312. The monoisotopic (exact) mass is 365 g/mol. The number of benzene rings is 1. The van der Waals surface area contributed by atoms with Crippen LogP contribution in [0.3, 0.4) is 0 Å². The first-order valence-electron chi connectivity index (χ1n) is 7.11. The second kappa shape index (κ2) is 6.67. The van der Waals surface area contributed by atoms with Crippen LogP contribution in [0.15, 0.2) is 41.0 Å². The van der Waals surface area contributed by atoms with Gasteiger partial charge in [-0.2, -0.15) is 0 Å².